The molecular weight excluding hydrogens is 180 g/mol. The number of hydrogen-bond donors (Lipinski definition) is 1. The van der Waals surface area contributed by atoms with Crippen LogP contribution in [0.25, 0.3) is 0 Å². The van der Waals surface area contributed by atoms with Crippen molar-refractivity contribution < 1.29 is 4.74 Å². The van der Waals surface area contributed by atoms with Crippen LogP contribution in [0.5, 0.6) is 5.75 Å². The quantitative estimate of drug-likeness (QED) is 0.572. The molecule has 0 heterocycles. The van der Waals surface area contributed by atoms with Crippen LogP contribution in [0.1, 0.15) is 6.92 Å². The molecule has 0 aliphatic carbocycles. The van der Waals surface area contributed by atoms with Gasteiger partial charge in [-0.3, -0.25) is 0 Å². The Labute approximate surface area is 84.8 Å². The maximum absolute atomic E-state index is 5.47. The van der Waals surface area contributed by atoms with Crippen LogP contribution in [0.3, 0.4) is 0 Å². The third-order valence-electron chi connectivity index (χ3n) is 1.67. The number of para-hydroxylation sites is 1. The molecule has 0 aromatic heterocycles. The van der Waals surface area contributed by atoms with E-state index < -0.39 is 0 Å². The van der Waals surface area contributed by atoms with Gasteiger partial charge in [0.25, 0.3) is 0 Å². The molecule has 0 aliphatic heterocycles. The van der Waals surface area contributed by atoms with Gasteiger partial charge in [-0.05, 0) is 25.1 Å². The van der Waals surface area contributed by atoms with Crippen LogP contribution in [0.2, 0.25) is 0 Å². The molecule has 0 amide bonds. The number of thiol groups is 1. The van der Waals surface area contributed by atoms with Crippen LogP contribution in [0, 0.1) is 0 Å². The Morgan fingerprint density at radius 1 is 1.38 bits per heavy atom. The molecule has 1 aromatic rings. The van der Waals surface area contributed by atoms with Crippen molar-refractivity contribution in [3.05, 3.63) is 42.0 Å². The number of rotatable bonds is 4. The van der Waals surface area contributed by atoms with Gasteiger partial charge >= 0.3 is 0 Å². The van der Waals surface area contributed by atoms with Gasteiger partial charge < -0.3 is 4.74 Å². The summed E-state index contributed by atoms with van der Waals surface area (Å²) < 4.78 is 5.47. The van der Waals surface area contributed by atoms with Crippen molar-refractivity contribution >= 4 is 12.6 Å². The SMILES string of the molecule is CC(=CCOc1ccccc1)CS. The zero-order valence-electron chi connectivity index (χ0n) is 7.73. The van der Waals surface area contributed by atoms with Crippen LogP contribution >= 0.6 is 12.6 Å². The summed E-state index contributed by atoms with van der Waals surface area (Å²) in [5.74, 6) is 1.70. The highest BCUT2D eigenvalue weighted by atomic mass is 32.1. The fourth-order valence-electron chi connectivity index (χ4n) is 0.861. The monoisotopic (exact) mass is 194 g/mol. The van der Waals surface area contributed by atoms with Crippen molar-refractivity contribution in [2.45, 2.75) is 6.92 Å². The lowest BCUT2D eigenvalue weighted by Crippen LogP contribution is -1.94. The van der Waals surface area contributed by atoms with E-state index in [1.807, 2.05) is 43.3 Å². The molecule has 0 radical (unpaired) electrons. The maximum atomic E-state index is 5.47. The summed E-state index contributed by atoms with van der Waals surface area (Å²) in [6, 6.07) is 9.80. The average Bonchev–Trinajstić information content (AvgIpc) is 2.19. The van der Waals surface area contributed by atoms with E-state index in [0.29, 0.717) is 6.61 Å². The van der Waals surface area contributed by atoms with E-state index in [1.54, 1.807) is 0 Å². The third kappa shape index (κ3) is 4.04. The number of hydrogen-bond acceptors (Lipinski definition) is 2. The van der Waals surface area contributed by atoms with Crippen LogP contribution in [-0.2, 0) is 0 Å². The fraction of sp³-hybridized carbons (Fsp3) is 0.273. The van der Waals surface area contributed by atoms with Gasteiger partial charge in [0.1, 0.15) is 12.4 Å². The molecule has 0 spiro atoms. The van der Waals surface area contributed by atoms with E-state index in [4.69, 9.17) is 4.74 Å². The standard InChI is InChI=1S/C11H14OS/c1-10(9-13)7-8-12-11-5-3-2-4-6-11/h2-7,13H,8-9H2,1H3. The van der Waals surface area contributed by atoms with E-state index in [2.05, 4.69) is 12.6 Å². The largest absolute Gasteiger partial charge is 0.490 e. The van der Waals surface area contributed by atoms with Crippen molar-refractivity contribution in [3.63, 3.8) is 0 Å². The Morgan fingerprint density at radius 2 is 2.08 bits per heavy atom. The molecule has 0 N–H and O–H groups in total. The lowest BCUT2D eigenvalue weighted by molar-refractivity contribution is 0.362. The molecule has 1 rings (SSSR count). The summed E-state index contributed by atoms with van der Waals surface area (Å²) >= 11 is 4.15. The summed E-state index contributed by atoms with van der Waals surface area (Å²) in [4.78, 5) is 0. The minimum Gasteiger partial charge on any atom is -0.490 e. The second kappa shape index (κ2) is 5.70. The highest BCUT2D eigenvalue weighted by molar-refractivity contribution is 7.80. The number of ether oxygens (including phenoxy) is 1. The predicted octanol–water partition coefficient (Wildman–Crippen LogP) is 2.94. The van der Waals surface area contributed by atoms with Gasteiger partial charge in [0.2, 0.25) is 0 Å². The minimum absolute atomic E-state index is 0.621. The molecule has 13 heavy (non-hydrogen) atoms. The Kier molecular flexibility index (Phi) is 4.47. The Morgan fingerprint density at radius 3 is 2.69 bits per heavy atom. The molecule has 0 saturated carbocycles. The lowest BCUT2D eigenvalue weighted by Gasteiger charge is -2.02. The normalized spacial score (nSPS) is 11.4. The first kappa shape index (κ1) is 10.2. The summed E-state index contributed by atoms with van der Waals surface area (Å²) in [6.07, 6.45) is 2.04. The summed E-state index contributed by atoms with van der Waals surface area (Å²) in [6.45, 7) is 2.66. The molecule has 2 heteroatoms. The van der Waals surface area contributed by atoms with Gasteiger partial charge in [0, 0.05) is 5.75 Å². The molecule has 1 nitrogen and oxygen atoms in total. The van der Waals surface area contributed by atoms with Gasteiger partial charge in [-0.15, -0.1) is 0 Å². The second-order valence-corrected chi connectivity index (χ2v) is 3.15. The van der Waals surface area contributed by atoms with E-state index in [1.165, 1.54) is 5.57 Å². The van der Waals surface area contributed by atoms with Gasteiger partial charge in [0.15, 0.2) is 0 Å². The average molecular weight is 194 g/mol. The molecule has 0 saturated heterocycles. The fourth-order valence-corrected chi connectivity index (χ4v) is 0.991. The van der Waals surface area contributed by atoms with Crippen molar-refractivity contribution in [3.8, 4) is 5.75 Å². The summed E-state index contributed by atoms with van der Waals surface area (Å²) in [5, 5.41) is 0. The van der Waals surface area contributed by atoms with Crippen LogP contribution in [-0.4, -0.2) is 12.4 Å². The highest BCUT2D eigenvalue weighted by Crippen LogP contribution is 2.08. The molecule has 1 aromatic carbocycles. The minimum atomic E-state index is 0.621. The van der Waals surface area contributed by atoms with Crippen molar-refractivity contribution in [1.29, 1.82) is 0 Å². The zero-order valence-corrected chi connectivity index (χ0v) is 8.63. The molecule has 0 aliphatic rings. The van der Waals surface area contributed by atoms with Crippen LogP contribution in [0.4, 0.5) is 0 Å². The highest BCUT2D eigenvalue weighted by Gasteiger charge is 1.88. The first-order valence-electron chi connectivity index (χ1n) is 4.27. The first-order valence-corrected chi connectivity index (χ1v) is 4.90. The molecule has 0 unspecified atom stereocenters. The molecule has 0 fully saturated rings. The molecule has 0 bridgehead atoms. The van der Waals surface area contributed by atoms with E-state index in [9.17, 15) is 0 Å². The lowest BCUT2D eigenvalue weighted by atomic mass is 10.3. The molecule has 70 valence electrons. The van der Waals surface area contributed by atoms with Gasteiger partial charge in [-0.25, -0.2) is 0 Å². The van der Waals surface area contributed by atoms with E-state index in [0.717, 1.165) is 11.5 Å². The van der Waals surface area contributed by atoms with Crippen molar-refractivity contribution in [1.82, 2.24) is 0 Å². The van der Waals surface area contributed by atoms with Gasteiger partial charge in [0.05, 0.1) is 0 Å². The van der Waals surface area contributed by atoms with Gasteiger partial charge in [-0.1, -0.05) is 23.8 Å². The smallest absolute Gasteiger partial charge is 0.119 e. The van der Waals surface area contributed by atoms with Gasteiger partial charge in [-0.2, -0.15) is 12.6 Å². The zero-order chi connectivity index (χ0) is 9.52. The predicted molar refractivity (Wildman–Crippen MR) is 59.5 cm³/mol. The Bertz CT molecular complexity index is 267. The summed E-state index contributed by atoms with van der Waals surface area (Å²) in [5.41, 5.74) is 1.24. The topological polar surface area (TPSA) is 9.23 Å². The van der Waals surface area contributed by atoms with Crippen molar-refractivity contribution in [2.75, 3.05) is 12.4 Å². The van der Waals surface area contributed by atoms with Crippen LogP contribution < -0.4 is 4.74 Å². The van der Waals surface area contributed by atoms with E-state index >= 15 is 0 Å². The molecular formula is C11H14OS. The first-order chi connectivity index (χ1) is 6.33. The summed E-state index contributed by atoms with van der Waals surface area (Å²) in [7, 11) is 0. The molecule has 0 atom stereocenters. The van der Waals surface area contributed by atoms with Crippen LogP contribution in [0.15, 0.2) is 42.0 Å². The number of benzene rings is 1. The maximum Gasteiger partial charge on any atom is 0.119 e. The Hall–Kier alpha value is -0.890. The third-order valence-corrected chi connectivity index (χ3v) is 2.17. The van der Waals surface area contributed by atoms with Crippen molar-refractivity contribution in [2.24, 2.45) is 0 Å². The Balaban J connectivity index is 2.36. The second-order valence-electron chi connectivity index (χ2n) is 2.83. The van der Waals surface area contributed by atoms with E-state index in [-0.39, 0.29) is 0 Å².